The molecule has 0 atom stereocenters. The second-order valence-electron chi connectivity index (χ2n) is 10.2. The van der Waals surface area contributed by atoms with Crippen molar-refractivity contribution in [2.75, 3.05) is 39.4 Å². The minimum atomic E-state index is 0.445. The highest BCUT2D eigenvalue weighted by Crippen LogP contribution is 2.35. The van der Waals surface area contributed by atoms with Gasteiger partial charge in [-0.3, -0.25) is 4.90 Å². The Kier molecular flexibility index (Phi) is 6.31. The molecule has 184 valence electrons. The van der Waals surface area contributed by atoms with Gasteiger partial charge < -0.3 is 14.4 Å². The van der Waals surface area contributed by atoms with Crippen LogP contribution in [0.2, 0.25) is 0 Å². The molecule has 0 spiro atoms. The van der Waals surface area contributed by atoms with Crippen LogP contribution in [0.25, 0.3) is 16.8 Å². The Morgan fingerprint density at radius 2 is 1.69 bits per heavy atom. The van der Waals surface area contributed by atoms with Gasteiger partial charge in [0.05, 0.1) is 19.8 Å². The molecular weight excluding hydrogens is 438 g/mol. The second kappa shape index (κ2) is 9.72. The minimum Gasteiger partial charge on any atom is -0.483 e. The molecular formula is C28H35N5O2. The molecule has 6 rings (SSSR count). The maximum atomic E-state index is 6.10. The van der Waals surface area contributed by atoms with Crippen LogP contribution in [-0.4, -0.2) is 70.0 Å². The van der Waals surface area contributed by atoms with Crippen LogP contribution in [0.15, 0.2) is 42.5 Å². The molecule has 0 saturated carbocycles. The summed E-state index contributed by atoms with van der Waals surface area (Å²) in [4.78, 5) is 9.66. The maximum Gasteiger partial charge on any atom is 0.170 e. The van der Waals surface area contributed by atoms with Crippen LogP contribution >= 0.6 is 0 Å². The number of ether oxygens (including phenoxy) is 2. The van der Waals surface area contributed by atoms with E-state index in [0.29, 0.717) is 18.6 Å². The molecule has 0 aliphatic carbocycles. The Labute approximate surface area is 207 Å². The van der Waals surface area contributed by atoms with Crippen LogP contribution in [0, 0.1) is 0 Å². The largest absolute Gasteiger partial charge is 0.483 e. The van der Waals surface area contributed by atoms with Crippen LogP contribution in [0.1, 0.15) is 49.8 Å². The van der Waals surface area contributed by atoms with Crippen molar-refractivity contribution in [3.8, 4) is 22.6 Å². The van der Waals surface area contributed by atoms with Gasteiger partial charge in [-0.2, -0.15) is 0 Å². The zero-order valence-electron chi connectivity index (χ0n) is 20.8. The lowest BCUT2D eigenvalue weighted by Gasteiger charge is -2.34. The standard InChI is InChI=1S/C28H35N5O2/c1-20(2)32-11-9-23(10-12-32)21-3-5-22(6-4-21)24-7-8-25-26(17-24)35-19-28-29-27(30-33(25)28)18-31-13-15-34-16-14-31/h3-8,17,20,23H,9-16,18-19H2,1-2H3. The first-order valence-electron chi connectivity index (χ1n) is 13.0. The molecule has 0 unspecified atom stereocenters. The number of fused-ring (bicyclic) bond motifs is 3. The van der Waals surface area contributed by atoms with Crippen LogP contribution in [0.4, 0.5) is 0 Å². The molecule has 2 fully saturated rings. The molecule has 2 aromatic carbocycles. The van der Waals surface area contributed by atoms with Crippen LogP contribution in [0.3, 0.4) is 0 Å². The van der Waals surface area contributed by atoms with E-state index in [1.165, 1.54) is 42.6 Å². The zero-order valence-corrected chi connectivity index (χ0v) is 20.8. The summed E-state index contributed by atoms with van der Waals surface area (Å²) in [6.07, 6.45) is 2.50. The Morgan fingerprint density at radius 1 is 0.943 bits per heavy atom. The first-order chi connectivity index (χ1) is 17.1. The number of nitrogens with zero attached hydrogens (tertiary/aromatic N) is 5. The van der Waals surface area contributed by atoms with Gasteiger partial charge in [-0.05, 0) is 74.5 Å². The molecule has 0 radical (unpaired) electrons. The summed E-state index contributed by atoms with van der Waals surface area (Å²) in [5, 5.41) is 4.81. The highest BCUT2D eigenvalue weighted by Gasteiger charge is 2.24. The average molecular weight is 474 g/mol. The molecule has 7 nitrogen and oxygen atoms in total. The van der Waals surface area contributed by atoms with Crippen molar-refractivity contribution in [1.82, 2.24) is 24.6 Å². The molecule has 1 aromatic heterocycles. The summed E-state index contributed by atoms with van der Waals surface area (Å²) in [5.74, 6) is 3.24. The molecule has 35 heavy (non-hydrogen) atoms. The molecule has 7 heteroatoms. The highest BCUT2D eigenvalue weighted by molar-refractivity contribution is 5.69. The molecule has 0 N–H and O–H groups in total. The molecule has 2 saturated heterocycles. The number of benzene rings is 2. The van der Waals surface area contributed by atoms with Crippen molar-refractivity contribution in [3.05, 3.63) is 59.7 Å². The first-order valence-corrected chi connectivity index (χ1v) is 13.0. The van der Waals surface area contributed by atoms with Crippen molar-refractivity contribution in [1.29, 1.82) is 0 Å². The topological polar surface area (TPSA) is 55.6 Å². The zero-order chi connectivity index (χ0) is 23.8. The van der Waals surface area contributed by atoms with Crippen LogP contribution < -0.4 is 4.74 Å². The van der Waals surface area contributed by atoms with Gasteiger partial charge in [-0.25, -0.2) is 9.67 Å². The molecule has 3 aliphatic heterocycles. The molecule has 0 amide bonds. The second-order valence-corrected chi connectivity index (χ2v) is 10.2. The summed E-state index contributed by atoms with van der Waals surface area (Å²) in [5.41, 5.74) is 4.81. The van der Waals surface area contributed by atoms with Gasteiger partial charge in [0.15, 0.2) is 11.6 Å². The van der Waals surface area contributed by atoms with E-state index in [1.807, 2.05) is 4.68 Å². The van der Waals surface area contributed by atoms with Crippen molar-refractivity contribution in [2.24, 2.45) is 0 Å². The summed E-state index contributed by atoms with van der Waals surface area (Å²) in [7, 11) is 0. The lowest BCUT2D eigenvalue weighted by Crippen LogP contribution is -2.37. The summed E-state index contributed by atoms with van der Waals surface area (Å²) in [6.45, 7) is 11.6. The number of rotatable bonds is 5. The van der Waals surface area contributed by atoms with Crippen molar-refractivity contribution in [3.63, 3.8) is 0 Å². The maximum absolute atomic E-state index is 6.10. The number of hydrogen-bond donors (Lipinski definition) is 0. The number of morpholine rings is 1. The van der Waals surface area contributed by atoms with Crippen molar-refractivity contribution < 1.29 is 9.47 Å². The lowest BCUT2D eigenvalue weighted by atomic mass is 9.88. The van der Waals surface area contributed by atoms with E-state index < -0.39 is 0 Å². The number of likely N-dealkylation sites (tertiary alicyclic amines) is 1. The van der Waals surface area contributed by atoms with Gasteiger partial charge >= 0.3 is 0 Å². The number of hydrogen-bond acceptors (Lipinski definition) is 6. The lowest BCUT2D eigenvalue weighted by molar-refractivity contribution is 0.0330. The van der Waals surface area contributed by atoms with Crippen molar-refractivity contribution in [2.45, 2.75) is 51.8 Å². The quantitative estimate of drug-likeness (QED) is 0.552. The van der Waals surface area contributed by atoms with Gasteiger partial charge in [0, 0.05) is 19.1 Å². The van der Waals surface area contributed by atoms with Crippen molar-refractivity contribution >= 4 is 0 Å². The third-order valence-corrected chi connectivity index (χ3v) is 7.71. The smallest absolute Gasteiger partial charge is 0.170 e. The Bertz CT molecular complexity index is 1160. The fourth-order valence-electron chi connectivity index (χ4n) is 5.53. The van der Waals surface area contributed by atoms with Gasteiger partial charge in [0.1, 0.15) is 18.0 Å². The monoisotopic (exact) mass is 473 g/mol. The first kappa shape index (κ1) is 22.7. The van der Waals surface area contributed by atoms with Gasteiger partial charge in [-0.1, -0.05) is 30.3 Å². The van der Waals surface area contributed by atoms with E-state index in [9.17, 15) is 0 Å². The highest BCUT2D eigenvalue weighted by atomic mass is 16.5. The Balaban J connectivity index is 1.16. The SMILES string of the molecule is CC(C)N1CCC(c2ccc(-c3ccc4c(c3)OCc3nc(CN5CCOCC5)nn3-4)cc2)CC1. The molecule has 3 aliphatic rings. The molecule has 3 aromatic rings. The third kappa shape index (κ3) is 4.73. The average Bonchev–Trinajstić information content (AvgIpc) is 3.32. The number of aromatic nitrogens is 3. The molecule has 0 bridgehead atoms. The fraction of sp³-hybridized carbons (Fsp3) is 0.500. The Morgan fingerprint density at radius 3 is 2.43 bits per heavy atom. The van der Waals surface area contributed by atoms with Crippen LogP contribution in [-0.2, 0) is 17.9 Å². The van der Waals surface area contributed by atoms with E-state index >= 15 is 0 Å². The van der Waals surface area contributed by atoms with Crippen LogP contribution in [0.5, 0.6) is 5.75 Å². The summed E-state index contributed by atoms with van der Waals surface area (Å²) >= 11 is 0. The van der Waals surface area contributed by atoms with Gasteiger partial charge in [0.2, 0.25) is 0 Å². The molecule has 4 heterocycles. The van der Waals surface area contributed by atoms with E-state index in [1.54, 1.807) is 0 Å². The van der Waals surface area contributed by atoms with E-state index in [0.717, 1.165) is 55.9 Å². The Hall–Kier alpha value is -2.74. The predicted molar refractivity (Wildman–Crippen MR) is 136 cm³/mol. The third-order valence-electron chi connectivity index (χ3n) is 7.71. The van der Waals surface area contributed by atoms with E-state index in [-0.39, 0.29) is 0 Å². The van der Waals surface area contributed by atoms with Gasteiger partial charge in [-0.15, -0.1) is 5.10 Å². The minimum absolute atomic E-state index is 0.445. The summed E-state index contributed by atoms with van der Waals surface area (Å²) < 4.78 is 13.5. The number of piperidine rings is 1. The normalized spacial score (nSPS) is 19.4. The predicted octanol–water partition coefficient (Wildman–Crippen LogP) is 4.25. The summed E-state index contributed by atoms with van der Waals surface area (Å²) in [6, 6.07) is 16.2. The van der Waals surface area contributed by atoms with E-state index in [2.05, 4.69) is 66.1 Å². The van der Waals surface area contributed by atoms with E-state index in [4.69, 9.17) is 19.6 Å². The fourth-order valence-corrected chi connectivity index (χ4v) is 5.53. The van der Waals surface area contributed by atoms with Gasteiger partial charge in [0.25, 0.3) is 0 Å².